The van der Waals surface area contributed by atoms with Gasteiger partial charge in [-0.2, -0.15) is 0 Å². The van der Waals surface area contributed by atoms with Crippen LogP contribution in [0.1, 0.15) is 36.5 Å². The summed E-state index contributed by atoms with van der Waals surface area (Å²) in [5.74, 6) is 0.688. The summed E-state index contributed by atoms with van der Waals surface area (Å²) in [5, 5.41) is 6.06. The van der Waals surface area contributed by atoms with Crippen LogP contribution in [0.15, 0.2) is 18.3 Å². The summed E-state index contributed by atoms with van der Waals surface area (Å²) in [6.45, 7) is 4.34. The Hall–Kier alpha value is -1.62. The predicted molar refractivity (Wildman–Crippen MR) is 76.5 cm³/mol. The number of amides is 1. The first-order valence-corrected chi connectivity index (χ1v) is 6.75. The van der Waals surface area contributed by atoms with Crippen LogP contribution in [0.25, 0.3) is 0 Å². The van der Waals surface area contributed by atoms with E-state index < -0.39 is 0 Å². The standard InChI is InChI=1S/C14H23N3O2/c1-3-7-15-13-11-12(6-9-16-13)14(18)17-8-4-5-10-19-2/h6,9,11H,3-5,7-8,10H2,1-2H3,(H,15,16)(H,17,18). The number of anilines is 1. The molecule has 0 radical (unpaired) electrons. The molecule has 1 heterocycles. The van der Waals surface area contributed by atoms with E-state index in [-0.39, 0.29) is 5.91 Å². The maximum absolute atomic E-state index is 11.9. The van der Waals surface area contributed by atoms with Crippen molar-refractivity contribution < 1.29 is 9.53 Å². The highest BCUT2D eigenvalue weighted by atomic mass is 16.5. The van der Waals surface area contributed by atoms with Gasteiger partial charge in [0.05, 0.1) is 0 Å². The van der Waals surface area contributed by atoms with Gasteiger partial charge in [0.1, 0.15) is 5.82 Å². The van der Waals surface area contributed by atoms with Crippen molar-refractivity contribution in [2.24, 2.45) is 0 Å². The van der Waals surface area contributed by atoms with Crippen molar-refractivity contribution >= 4 is 11.7 Å². The highest BCUT2D eigenvalue weighted by Gasteiger charge is 2.05. The van der Waals surface area contributed by atoms with Crippen molar-refractivity contribution in [3.63, 3.8) is 0 Å². The van der Waals surface area contributed by atoms with Crippen LogP contribution < -0.4 is 10.6 Å². The number of ether oxygens (including phenoxy) is 1. The molecule has 0 saturated carbocycles. The van der Waals surface area contributed by atoms with Crippen LogP contribution in [0.3, 0.4) is 0 Å². The minimum Gasteiger partial charge on any atom is -0.385 e. The van der Waals surface area contributed by atoms with Crippen LogP contribution in [0, 0.1) is 0 Å². The van der Waals surface area contributed by atoms with E-state index in [4.69, 9.17) is 4.74 Å². The van der Waals surface area contributed by atoms with E-state index in [9.17, 15) is 4.79 Å². The molecule has 1 rings (SSSR count). The lowest BCUT2D eigenvalue weighted by molar-refractivity contribution is 0.0951. The molecule has 1 amide bonds. The molecule has 5 nitrogen and oxygen atoms in total. The minimum absolute atomic E-state index is 0.0561. The van der Waals surface area contributed by atoms with Gasteiger partial charge in [0.2, 0.25) is 0 Å². The summed E-state index contributed by atoms with van der Waals surface area (Å²) in [6, 6.07) is 3.50. The third-order valence-corrected chi connectivity index (χ3v) is 2.64. The zero-order valence-electron chi connectivity index (χ0n) is 11.7. The molecule has 0 aliphatic rings. The Bertz CT molecular complexity index is 383. The Kier molecular flexibility index (Phi) is 7.58. The molecule has 0 aliphatic carbocycles. The molecule has 0 fully saturated rings. The van der Waals surface area contributed by atoms with Gasteiger partial charge in [-0.1, -0.05) is 6.92 Å². The molecular weight excluding hydrogens is 242 g/mol. The first kappa shape index (κ1) is 15.4. The molecule has 0 bridgehead atoms. The van der Waals surface area contributed by atoms with Gasteiger partial charge in [-0.05, 0) is 31.4 Å². The monoisotopic (exact) mass is 265 g/mol. The molecule has 5 heteroatoms. The van der Waals surface area contributed by atoms with Crippen molar-refractivity contribution in [3.8, 4) is 0 Å². The number of carbonyl (C=O) groups excluding carboxylic acids is 1. The van der Waals surface area contributed by atoms with Crippen molar-refractivity contribution in [1.82, 2.24) is 10.3 Å². The van der Waals surface area contributed by atoms with Crippen molar-refractivity contribution in [3.05, 3.63) is 23.9 Å². The molecular formula is C14H23N3O2. The number of nitrogens with one attached hydrogen (secondary N) is 2. The second-order valence-electron chi connectivity index (χ2n) is 4.31. The fraction of sp³-hybridized carbons (Fsp3) is 0.571. The lowest BCUT2D eigenvalue weighted by Crippen LogP contribution is -2.24. The van der Waals surface area contributed by atoms with Crippen LogP contribution in [-0.2, 0) is 4.74 Å². The molecule has 1 aromatic heterocycles. The molecule has 2 N–H and O–H groups in total. The minimum atomic E-state index is -0.0561. The molecule has 0 spiro atoms. The maximum atomic E-state index is 11.9. The quantitative estimate of drug-likeness (QED) is 0.671. The van der Waals surface area contributed by atoms with E-state index >= 15 is 0 Å². The van der Waals surface area contributed by atoms with Crippen LogP contribution in [-0.4, -0.2) is 37.7 Å². The number of nitrogens with zero attached hydrogens (tertiary/aromatic N) is 1. The third-order valence-electron chi connectivity index (χ3n) is 2.64. The number of rotatable bonds is 9. The van der Waals surface area contributed by atoms with Crippen LogP contribution in [0.4, 0.5) is 5.82 Å². The van der Waals surface area contributed by atoms with Crippen LogP contribution >= 0.6 is 0 Å². The van der Waals surface area contributed by atoms with Gasteiger partial charge in [-0.15, -0.1) is 0 Å². The fourth-order valence-corrected chi connectivity index (χ4v) is 1.60. The summed E-state index contributed by atoms with van der Waals surface area (Å²) in [5.41, 5.74) is 0.639. The molecule has 0 atom stereocenters. The van der Waals surface area contributed by atoms with Gasteiger partial charge < -0.3 is 15.4 Å². The predicted octanol–water partition coefficient (Wildman–Crippen LogP) is 2.06. The highest BCUT2D eigenvalue weighted by Crippen LogP contribution is 2.06. The average Bonchev–Trinajstić information content (AvgIpc) is 2.45. The van der Waals surface area contributed by atoms with E-state index in [2.05, 4.69) is 22.5 Å². The molecule has 106 valence electrons. The van der Waals surface area contributed by atoms with Crippen LogP contribution in [0.2, 0.25) is 0 Å². The molecule has 0 saturated heterocycles. The first-order valence-electron chi connectivity index (χ1n) is 6.75. The average molecular weight is 265 g/mol. The Labute approximate surface area is 114 Å². The summed E-state index contributed by atoms with van der Waals surface area (Å²) in [4.78, 5) is 16.1. The van der Waals surface area contributed by atoms with E-state index in [1.165, 1.54) is 0 Å². The summed E-state index contributed by atoms with van der Waals surface area (Å²) >= 11 is 0. The van der Waals surface area contributed by atoms with Crippen molar-refractivity contribution in [2.45, 2.75) is 26.2 Å². The second kappa shape index (κ2) is 9.33. The van der Waals surface area contributed by atoms with Crippen LogP contribution in [0.5, 0.6) is 0 Å². The van der Waals surface area contributed by atoms with Crippen molar-refractivity contribution in [1.29, 1.82) is 0 Å². The number of methoxy groups -OCH3 is 1. The lowest BCUT2D eigenvalue weighted by Gasteiger charge is -2.07. The third kappa shape index (κ3) is 6.20. The molecule has 0 aliphatic heterocycles. The van der Waals surface area contributed by atoms with Gasteiger partial charge in [0.25, 0.3) is 5.91 Å². The summed E-state index contributed by atoms with van der Waals surface area (Å²) in [6.07, 6.45) is 4.55. The van der Waals surface area contributed by atoms with E-state index in [1.54, 1.807) is 25.4 Å². The van der Waals surface area contributed by atoms with Crippen molar-refractivity contribution in [2.75, 3.05) is 32.1 Å². The number of pyridine rings is 1. The molecule has 0 aromatic carbocycles. The normalized spacial score (nSPS) is 10.2. The number of unbranched alkanes of at least 4 members (excludes halogenated alkanes) is 1. The van der Waals surface area contributed by atoms with Gasteiger partial charge in [0, 0.05) is 38.6 Å². The Morgan fingerprint density at radius 2 is 2.21 bits per heavy atom. The second-order valence-corrected chi connectivity index (χ2v) is 4.31. The SMILES string of the molecule is CCCNc1cc(C(=O)NCCCCOC)ccn1. The smallest absolute Gasteiger partial charge is 0.251 e. The highest BCUT2D eigenvalue weighted by molar-refractivity contribution is 5.94. The zero-order valence-corrected chi connectivity index (χ0v) is 11.7. The van der Waals surface area contributed by atoms with Gasteiger partial charge in [-0.25, -0.2) is 4.98 Å². The van der Waals surface area contributed by atoms with Gasteiger partial charge in [0.15, 0.2) is 0 Å². The summed E-state index contributed by atoms with van der Waals surface area (Å²) < 4.78 is 4.96. The summed E-state index contributed by atoms with van der Waals surface area (Å²) in [7, 11) is 1.68. The Morgan fingerprint density at radius 1 is 1.37 bits per heavy atom. The molecule has 19 heavy (non-hydrogen) atoms. The lowest BCUT2D eigenvalue weighted by atomic mass is 10.2. The topological polar surface area (TPSA) is 63.2 Å². The number of hydrogen-bond acceptors (Lipinski definition) is 4. The molecule has 1 aromatic rings. The first-order chi connectivity index (χ1) is 9.27. The van der Waals surface area contributed by atoms with E-state index in [0.717, 1.165) is 38.2 Å². The Morgan fingerprint density at radius 3 is 2.95 bits per heavy atom. The van der Waals surface area contributed by atoms with Gasteiger partial charge in [-0.3, -0.25) is 4.79 Å². The fourth-order valence-electron chi connectivity index (χ4n) is 1.60. The zero-order chi connectivity index (χ0) is 13.9. The number of carbonyl (C=O) groups is 1. The van der Waals surface area contributed by atoms with E-state index in [1.807, 2.05) is 0 Å². The largest absolute Gasteiger partial charge is 0.385 e. The number of hydrogen-bond donors (Lipinski definition) is 2. The molecule has 0 unspecified atom stereocenters. The maximum Gasteiger partial charge on any atom is 0.251 e. The Balaban J connectivity index is 2.38. The number of aromatic nitrogens is 1. The van der Waals surface area contributed by atoms with E-state index in [0.29, 0.717) is 12.1 Å². The van der Waals surface area contributed by atoms with Gasteiger partial charge >= 0.3 is 0 Å².